The standard InChI is InChI=1S/C9H17NOS2/c1-12-13-7-11-6-9-4-8-2-3-10(9)5-8/h8-9H,2-7H2,1H3/t8?,9-/m0/s1. The van der Waals surface area contributed by atoms with Gasteiger partial charge in [0.1, 0.15) is 5.94 Å². The summed E-state index contributed by atoms with van der Waals surface area (Å²) < 4.78 is 5.61. The third-order valence-electron chi connectivity index (χ3n) is 3.00. The van der Waals surface area contributed by atoms with Gasteiger partial charge in [0.25, 0.3) is 0 Å². The second-order valence-electron chi connectivity index (χ2n) is 3.81. The van der Waals surface area contributed by atoms with Crippen molar-refractivity contribution in [1.29, 1.82) is 0 Å². The van der Waals surface area contributed by atoms with Crippen LogP contribution in [0.2, 0.25) is 0 Å². The lowest BCUT2D eigenvalue weighted by Crippen LogP contribution is -2.33. The smallest absolute Gasteiger partial charge is 0.102 e. The number of fused-ring (bicyclic) bond motifs is 2. The Balaban J connectivity index is 1.60. The quantitative estimate of drug-likeness (QED) is 0.398. The van der Waals surface area contributed by atoms with Gasteiger partial charge in [-0.1, -0.05) is 21.6 Å². The fourth-order valence-corrected chi connectivity index (χ4v) is 3.11. The van der Waals surface area contributed by atoms with Crippen LogP contribution in [0.5, 0.6) is 0 Å². The van der Waals surface area contributed by atoms with Gasteiger partial charge in [0.05, 0.1) is 6.61 Å². The Morgan fingerprint density at radius 1 is 1.54 bits per heavy atom. The van der Waals surface area contributed by atoms with Gasteiger partial charge in [0, 0.05) is 12.6 Å². The number of rotatable bonds is 5. The number of piperidine rings is 1. The minimum Gasteiger partial charge on any atom is -0.368 e. The summed E-state index contributed by atoms with van der Waals surface area (Å²) in [6.45, 7) is 3.60. The Bertz CT molecular complexity index is 168. The first-order chi connectivity index (χ1) is 6.40. The highest BCUT2D eigenvalue weighted by Crippen LogP contribution is 2.32. The number of hydrogen-bond acceptors (Lipinski definition) is 4. The van der Waals surface area contributed by atoms with Crippen molar-refractivity contribution in [2.45, 2.75) is 18.9 Å². The predicted octanol–water partition coefficient (Wildman–Crippen LogP) is 2.07. The Labute approximate surface area is 88.2 Å². The number of nitrogens with zero attached hydrogens (tertiary/aromatic N) is 1. The van der Waals surface area contributed by atoms with Crippen molar-refractivity contribution in [3.05, 3.63) is 0 Å². The fourth-order valence-electron chi connectivity index (χ4n) is 2.36. The van der Waals surface area contributed by atoms with Crippen molar-refractivity contribution < 1.29 is 4.74 Å². The molecule has 3 atom stereocenters. The van der Waals surface area contributed by atoms with Crippen molar-refractivity contribution in [2.24, 2.45) is 5.92 Å². The molecule has 13 heavy (non-hydrogen) atoms. The topological polar surface area (TPSA) is 12.5 Å². The Hall–Kier alpha value is 0.620. The third kappa shape index (κ3) is 2.55. The van der Waals surface area contributed by atoms with Crippen molar-refractivity contribution in [2.75, 3.05) is 31.9 Å². The van der Waals surface area contributed by atoms with E-state index in [4.69, 9.17) is 4.74 Å². The molecule has 2 heterocycles. The second-order valence-corrected chi connectivity index (χ2v) is 6.32. The lowest BCUT2D eigenvalue weighted by Gasteiger charge is -2.24. The first-order valence-corrected chi connectivity index (χ1v) is 7.60. The van der Waals surface area contributed by atoms with E-state index in [1.807, 2.05) is 0 Å². The maximum Gasteiger partial charge on any atom is 0.102 e. The molecule has 0 radical (unpaired) electrons. The molecule has 2 aliphatic rings. The predicted molar refractivity (Wildman–Crippen MR) is 60.0 cm³/mol. The highest BCUT2D eigenvalue weighted by molar-refractivity contribution is 8.76. The van der Waals surface area contributed by atoms with Gasteiger partial charge >= 0.3 is 0 Å². The van der Waals surface area contributed by atoms with E-state index in [2.05, 4.69) is 11.2 Å². The van der Waals surface area contributed by atoms with Crippen LogP contribution in [0, 0.1) is 5.92 Å². The molecule has 0 aromatic rings. The lowest BCUT2D eigenvalue weighted by atomic mass is 10.0. The highest BCUT2D eigenvalue weighted by Gasteiger charge is 2.37. The van der Waals surface area contributed by atoms with E-state index in [1.54, 1.807) is 21.6 Å². The fraction of sp³-hybridized carbons (Fsp3) is 1.00. The summed E-state index contributed by atoms with van der Waals surface area (Å²) in [6.07, 6.45) is 4.90. The molecule has 76 valence electrons. The molecule has 2 rings (SSSR count). The van der Waals surface area contributed by atoms with Crippen molar-refractivity contribution >= 4 is 21.6 Å². The van der Waals surface area contributed by atoms with Crippen LogP contribution < -0.4 is 0 Å². The largest absolute Gasteiger partial charge is 0.368 e. The van der Waals surface area contributed by atoms with Crippen LogP contribution in [0.15, 0.2) is 0 Å². The van der Waals surface area contributed by atoms with Crippen LogP contribution in [-0.4, -0.2) is 42.8 Å². The van der Waals surface area contributed by atoms with E-state index in [1.165, 1.54) is 25.9 Å². The summed E-state index contributed by atoms with van der Waals surface area (Å²) in [5, 5.41) is 0. The second kappa shape index (κ2) is 4.91. The van der Waals surface area contributed by atoms with Gasteiger partial charge in [-0.05, 0) is 31.6 Å². The van der Waals surface area contributed by atoms with Crippen LogP contribution in [-0.2, 0) is 4.74 Å². The zero-order valence-corrected chi connectivity index (χ0v) is 9.70. The summed E-state index contributed by atoms with van der Waals surface area (Å²) in [4.78, 5) is 2.59. The zero-order chi connectivity index (χ0) is 9.10. The number of hydrogen-bond donors (Lipinski definition) is 0. The van der Waals surface area contributed by atoms with Crippen molar-refractivity contribution in [1.82, 2.24) is 4.90 Å². The normalized spacial score (nSPS) is 37.2. The molecule has 2 saturated heterocycles. The van der Waals surface area contributed by atoms with Crippen LogP contribution in [0.4, 0.5) is 0 Å². The molecule has 0 amide bonds. The van der Waals surface area contributed by atoms with E-state index < -0.39 is 0 Å². The molecule has 0 aromatic heterocycles. The first kappa shape index (κ1) is 10.1. The minimum atomic E-state index is 0.737. The monoisotopic (exact) mass is 219 g/mol. The van der Waals surface area contributed by atoms with Crippen molar-refractivity contribution in [3.8, 4) is 0 Å². The van der Waals surface area contributed by atoms with Gasteiger partial charge in [-0.3, -0.25) is 4.90 Å². The van der Waals surface area contributed by atoms with Crippen LogP contribution >= 0.6 is 21.6 Å². The molecular weight excluding hydrogens is 202 g/mol. The third-order valence-corrected chi connectivity index (χ3v) is 4.49. The minimum absolute atomic E-state index is 0.737. The molecule has 2 unspecified atom stereocenters. The summed E-state index contributed by atoms with van der Waals surface area (Å²) in [5.74, 6) is 1.83. The molecule has 0 saturated carbocycles. The molecular formula is C9H17NOS2. The Morgan fingerprint density at radius 3 is 3.08 bits per heavy atom. The molecule has 4 heteroatoms. The summed E-state index contributed by atoms with van der Waals surface area (Å²) >= 11 is 0. The van der Waals surface area contributed by atoms with Crippen molar-refractivity contribution in [3.63, 3.8) is 0 Å². The van der Waals surface area contributed by atoms with E-state index in [0.717, 1.165) is 24.5 Å². The molecule has 0 N–H and O–H groups in total. The molecule has 2 nitrogen and oxygen atoms in total. The van der Waals surface area contributed by atoms with Gasteiger partial charge in [0.15, 0.2) is 0 Å². The SMILES string of the molecule is CSSCOC[C@@H]1CC2CCN1C2. The molecule has 0 spiro atoms. The van der Waals surface area contributed by atoms with Crippen LogP contribution in [0.25, 0.3) is 0 Å². The van der Waals surface area contributed by atoms with Gasteiger partial charge in [-0.15, -0.1) is 0 Å². The number of ether oxygens (including phenoxy) is 1. The van der Waals surface area contributed by atoms with Gasteiger partial charge in [-0.25, -0.2) is 0 Å². The molecule has 2 aliphatic heterocycles. The zero-order valence-electron chi connectivity index (χ0n) is 8.07. The van der Waals surface area contributed by atoms with E-state index >= 15 is 0 Å². The molecule has 2 fully saturated rings. The lowest BCUT2D eigenvalue weighted by molar-refractivity contribution is 0.104. The summed E-state index contributed by atoms with van der Waals surface area (Å²) in [6, 6.07) is 0.737. The molecule has 0 aromatic carbocycles. The van der Waals surface area contributed by atoms with E-state index in [0.29, 0.717) is 0 Å². The Kier molecular flexibility index (Phi) is 3.84. The molecule has 0 aliphatic carbocycles. The van der Waals surface area contributed by atoms with E-state index in [-0.39, 0.29) is 0 Å². The maximum absolute atomic E-state index is 5.61. The van der Waals surface area contributed by atoms with E-state index in [9.17, 15) is 0 Å². The average molecular weight is 219 g/mol. The highest BCUT2D eigenvalue weighted by atomic mass is 33.1. The van der Waals surface area contributed by atoms with Crippen LogP contribution in [0.1, 0.15) is 12.8 Å². The van der Waals surface area contributed by atoms with Crippen LogP contribution in [0.3, 0.4) is 0 Å². The average Bonchev–Trinajstić information content (AvgIpc) is 2.73. The first-order valence-electron chi connectivity index (χ1n) is 4.87. The summed E-state index contributed by atoms with van der Waals surface area (Å²) in [5.41, 5.74) is 0. The van der Waals surface area contributed by atoms with Gasteiger partial charge in [-0.2, -0.15) is 0 Å². The van der Waals surface area contributed by atoms with Gasteiger partial charge in [0.2, 0.25) is 0 Å². The Morgan fingerprint density at radius 2 is 2.46 bits per heavy atom. The van der Waals surface area contributed by atoms with Gasteiger partial charge < -0.3 is 4.74 Å². The molecule has 2 bridgehead atoms. The summed E-state index contributed by atoms with van der Waals surface area (Å²) in [7, 11) is 3.56. The maximum atomic E-state index is 5.61.